The van der Waals surface area contributed by atoms with E-state index in [1.165, 1.54) is 30.4 Å². The Morgan fingerprint density at radius 2 is 1.83 bits per heavy atom. The fourth-order valence-electron chi connectivity index (χ4n) is 6.82. The number of hydrogen-bond acceptors (Lipinski definition) is 3. The van der Waals surface area contributed by atoms with Crippen LogP contribution in [0.3, 0.4) is 0 Å². The van der Waals surface area contributed by atoms with Crippen LogP contribution in [0.25, 0.3) is 0 Å². The maximum absolute atomic E-state index is 10.1. The van der Waals surface area contributed by atoms with Crippen molar-refractivity contribution >= 4 is 5.71 Å². The van der Waals surface area contributed by atoms with E-state index in [9.17, 15) is 10.3 Å². The molecule has 6 unspecified atom stereocenters. The normalized spacial score (nSPS) is 48.1. The Bertz CT molecular complexity index is 634. The molecule has 0 aliphatic heterocycles. The lowest BCUT2D eigenvalue weighted by molar-refractivity contribution is -0.0280. The van der Waals surface area contributed by atoms with Gasteiger partial charge in [0.1, 0.15) is 0 Å². The van der Waals surface area contributed by atoms with E-state index in [1.54, 1.807) is 0 Å². The third-order valence-electron chi connectivity index (χ3n) is 8.20. The summed E-state index contributed by atoms with van der Waals surface area (Å²) in [5, 5.41) is 22.9. The summed E-state index contributed by atoms with van der Waals surface area (Å²) < 4.78 is 0. The third-order valence-corrected chi connectivity index (χ3v) is 8.20. The highest BCUT2D eigenvalue weighted by atomic mass is 16.4. The Morgan fingerprint density at radius 3 is 2.58 bits per heavy atom. The molecule has 3 heteroatoms. The SMILES string of the molecule is C/C(=N/O)C1=CCC2C3CC=C4CC(O)CCC4(C)C3CCC12C. The first-order valence-corrected chi connectivity index (χ1v) is 9.67. The average molecular weight is 329 g/mol. The molecule has 0 aromatic heterocycles. The first kappa shape index (κ1) is 16.4. The Balaban J connectivity index is 1.66. The van der Waals surface area contributed by atoms with Gasteiger partial charge in [-0.3, -0.25) is 0 Å². The molecule has 24 heavy (non-hydrogen) atoms. The number of oxime groups is 1. The van der Waals surface area contributed by atoms with Crippen molar-refractivity contribution < 1.29 is 10.3 Å². The molecule has 2 saturated carbocycles. The average Bonchev–Trinajstić information content (AvgIpc) is 2.92. The van der Waals surface area contributed by atoms with Crippen molar-refractivity contribution in [2.24, 2.45) is 33.7 Å². The summed E-state index contributed by atoms with van der Waals surface area (Å²) in [5.74, 6) is 2.15. The Morgan fingerprint density at radius 1 is 1.08 bits per heavy atom. The largest absolute Gasteiger partial charge is 0.411 e. The van der Waals surface area contributed by atoms with Crippen molar-refractivity contribution in [1.82, 2.24) is 0 Å². The molecular formula is C21H31NO2. The number of hydrogen-bond donors (Lipinski definition) is 2. The van der Waals surface area contributed by atoms with Gasteiger partial charge in [-0.05, 0) is 86.0 Å². The van der Waals surface area contributed by atoms with E-state index in [4.69, 9.17) is 0 Å². The number of allylic oxidation sites excluding steroid dienone is 3. The summed E-state index contributed by atoms with van der Waals surface area (Å²) in [5.41, 5.74) is 4.09. The number of fused-ring (bicyclic) bond motifs is 5. The standard InChI is InChI=1S/C21H31NO2/c1-13(22-24)17-6-7-18-16-5-4-14-12-15(23)8-10-20(14,2)19(16)9-11-21(17,18)3/h4,6,15-16,18-19,23-24H,5,7-12H2,1-3H3/b22-13-. The molecule has 0 radical (unpaired) electrons. The van der Waals surface area contributed by atoms with Gasteiger partial charge in [0.25, 0.3) is 0 Å². The first-order valence-electron chi connectivity index (χ1n) is 9.67. The molecule has 0 bridgehead atoms. The molecular weight excluding hydrogens is 298 g/mol. The minimum Gasteiger partial charge on any atom is -0.411 e. The number of rotatable bonds is 1. The minimum absolute atomic E-state index is 0.127. The predicted molar refractivity (Wildman–Crippen MR) is 96.1 cm³/mol. The van der Waals surface area contributed by atoms with Gasteiger partial charge in [0.05, 0.1) is 11.8 Å². The highest BCUT2D eigenvalue weighted by molar-refractivity contribution is 5.99. The van der Waals surface area contributed by atoms with E-state index in [2.05, 4.69) is 31.2 Å². The van der Waals surface area contributed by atoms with Crippen molar-refractivity contribution in [2.75, 3.05) is 0 Å². The Labute approximate surface area is 145 Å². The molecule has 0 spiro atoms. The molecule has 0 saturated heterocycles. The van der Waals surface area contributed by atoms with Gasteiger partial charge in [-0.25, -0.2) is 0 Å². The summed E-state index contributed by atoms with van der Waals surface area (Å²) in [6.45, 7) is 6.80. The van der Waals surface area contributed by atoms with Crippen LogP contribution in [-0.2, 0) is 0 Å². The van der Waals surface area contributed by atoms with Gasteiger partial charge in [0.15, 0.2) is 0 Å². The third kappa shape index (κ3) is 2.09. The smallest absolute Gasteiger partial charge is 0.0799 e. The minimum atomic E-state index is -0.127. The lowest BCUT2D eigenvalue weighted by Crippen LogP contribution is -2.50. The van der Waals surface area contributed by atoms with Gasteiger partial charge < -0.3 is 10.3 Å². The van der Waals surface area contributed by atoms with E-state index in [0.717, 1.165) is 43.2 Å². The summed E-state index contributed by atoms with van der Waals surface area (Å²) in [6.07, 6.45) is 12.4. The summed E-state index contributed by atoms with van der Waals surface area (Å²) in [7, 11) is 0. The van der Waals surface area contributed by atoms with E-state index in [0.29, 0.717) is 11.3 Å². The molecule has 6 atom stereocenters. The van der Waals surface area contributed by atoms with Crippen molar-refractivity contribution in [2.45, 2.75) is 71.8 Å². The molecule has 2 fully saturated rings. The number of aliphatic hydroxyl groups excluding tert-OH is 1. The summed E-state index contributed by atoms with van der Waals surface area (Å²) >= 11 is 0. The molecule has 4 rings (SSSR count). The van der Waals surface area contributed by atoms with Crippen LogP contribution in [0.1, 0.15) is 65.7 Å². The maximum Gasteiger partial charge on any atom is 0.0799 e. The fraction of sp³-hybridized carbons (Fsp3) is 0.762. The van der Waals surface area contributed by atoms with Crippen LogP contribution in [0.5, 0.6) is 0 Å². The Kier molecular flexibility index (Phi) is 3.72. The van der Waals surface area contributed by atoms with Gasteiger partial charge in [-0.15, -0.1) is 0 Å². The first-order chi connectivity index (χ1) is 11.4. The predicted octanol–water partition coefficient (Wildman–Crippen LogP) is 4.70. The monoisotopic (exact) mass is 329 g/mol. The number of aliphatic hydroxyl groups is 1. The second-order valence-electron chi connectivity index (χ2n) is 9.15. The van der Waals surface area contributed by atoms with Crippen LogP contribution in [0, 0.1) is 28.6 Å². The number of nitrogens with zero attached hydrogens (tertiary/aromatic N) is 1. The molecule has 4 aliphatic rings. The van der Waals surface area contributed by atoms with Gasteiger partial charge in [0.2, 0.25) is 0 Å². The van der Waals surface area contributed by atoms with Crippen LogP contribution >= 0.6 is 0 Å². The van der Waals surface area contributed by atoms with Crippen LogP contribution in [-0.4, -0.2) is 22.1 Å². The molecule has 0 aromatic rings. The molecule has 3 nitrogen and oxygen atoms in total. The van der Waals surface area contributed by atoms with Crippen molar-refractivity contribution in [3.8, 4) is 0 Å². The molecule has 2 N–H and O–H groups in total. The van der Waals surface area contributed by atoms with Crippen molar-refractivity contribution in [1.29, 1.82) is 0 Å². The topological polar surface area (TPSA) is 52.8 Å². The maximum atomic E-state index is 10.1. The van der Waals surface area contributed by atoms with E-state index < -0.39 is 0 Å². The quantitative estimate of drug-likeness (QED) is 0.317. The molecule has 4 aliphatic carbocycles. The fourth-order valence-corrected chi connectivity index (χ4v) is 6.82. The van der Waals surface area contributed by atoms with Crippen LogP contribution < -0.4 is 0 Å². The second kappa shape index (κ2) is 5.45. The molecule has 0 heterocycles. The van der Waals surface area contributed by atoms with Gasteiger partial charge >= 0.3 is 0 Å². The van der Waals surface area contributed by atoms with Crippen LogP contribution in [0.15, 0.2) is 28.5 Å². The lowest BCUT2D eigenvalue weighted by atomic mass is 9.47. The zero-order valence-corrected chi connectivity index (χ0v) is 15.3. The highest BCUT2D eigenvalue weighted by Gasteiger charge is 2.56. The van der Waals surface area contributed by atoms with Gasteiger partial charge in [-0.2, -0.15) is 0 Å². The highest BCUT2D eigenvalue weighted by Crippen LogP contribution is 2.65. The summed E-state index contributed by atoms with van der Waals surface area (Å²) in [4.78, 5) is 0. The van der Waals surface area contributed by atoms with Crippen LogP contribution in [0.2, 0.25) is 0 Å². The lowest BCUT2D eigenvalue weighted by Gasteiger charge is -2.57. The van der Waals surface area contributed by atoms with Crippen molar-refractivity contribution in [3.05, 3.63) is 23.3 Å². The van der Waals surface area contributed by atoms with Crippen LogP contribution in [0.4, 0.5) is 0 Å². The van der Waals surface area contributed by atoms with Gasteiger partial charge in [0, 0.05) is 0 Å². The van der Waals surface area contributed by atoms with E-state index >= 15 is 0 Å². The van der Waals surface area contributed by atoms with Crippen molar-refractivity contribution in [3.63, 3.8) is 0 Å². The second-order valence-corrected chi connectivity index (χ2v) is 9.15. The van der Waals surface area contributed by atoms with Gasteiger partial charge in [-0.1, -0.05) is 36.7 Å². The Hall–Kier alpha value is -1.09. The van der Waals surface area contributed by atoms with E-state index in [-0.39, 0.29) is 11.5 Å². The summed E-state index contributed by atoms with van der Waals surface area (Å²) in [6, 6.07) is 0. The molecule has 132 valence electrons. The molecule has 0 aromatic carbocycles. The van der Waals surface area contributed by atoms with E-state index in [1.807, 2.05) is 6.92 Å². The molecule has 0 amide bonds. The zero-order valence-electron chi connectivity index (χ0n) is 15.3. The zero-order chi connectivity index (χ0) is 17.1.